The summed E-state index contributed by atoms with van der Waals surface area (Å²) in [5, 5.41) is 38.1. The van der Waals surface area contributed by atoms with Crippen molar-refractivity contribution in [1.29, 1.82) is 0 Å². The lowest BCUT2D eigenvalue weighted by Gasteiger charge is -2.40. The summed E-state index contributed by atoms with van der Waals surface area (Å²) in [7, 11) is 0. The summed E-state index contributed by atoms with van der Waals surface area (Å²) in [4.78, 5) is 15.1. The SMILES string of the molecule is Nc1ccn([13C@@H]2O[13C@H]([13CH2]O)[13C@@H](O)[13C@H](O)[13C@H]2O)c(=O)n1. The molecule has 1 aromatic rings. The van der Waals surface area contributed by atoms with Crippen molar-refractivity contribution in [3.63, 3.8) is 0 Å². The molecular formula is C10H15N3O6. The molecule has 19 heavy (non-hydrogen) atoms. The molecule has 9 nitrogen and oxygen atoms in total. The second kappa shape index (κ2) is 5.23. The monoisotopic (exact) mass is 279 g/mol. The number of aliphatic hydroxyl groups is 4. The van der Waals surface area contributed by atoms with Crippen molar-refractivity contribution >= 4 is 5.82 Å². The number of nitrogens with zero attached hydrogens (tertiary/aromatic N) is 2. The maximum atomic E-state index is 11.6. The fourth-order valence-electron chi connectivity index (χ4n) is 1.93. The van der Waals surface area contributed by atoms with Gasteiger partial charge in [0.05, 0.1) is 6.61 Å². The fraction of sp³-hybridized carbons (Fsp3) is 0.600. The normalized spacial score (nSPS) is 35.3. The molecule has 1 aliphatic rings. The van der Waals surface area contributed by atoms with Crippen LogP contribution in [0.25, 0.3) is 0 Å². The lowest BCUT2D eigenvalue weighted by atomic mass is 10.6. The van der Waals surface area contributed by atoms with E-state index in [1.165, 1.54) is 12.3 Å². The van der Waals surface area contributed by atoms with E-state index in [0.717, 1.165) is 4.57 Å². The second-order valence-corrected chi connectivity index (χ2v) is 4.26. The third-order valence-electron chi connectivity index (χ3n) is 2.99. The number of hydrogen-bond donors (Lipinski definition) is 5. The fourth-order valence-corrected chi connectivity index (χ4v) is 1.93. The van der Waals surface area contributed by atoms with Gasteiger partial charge >= 0.3 is 5.69 Å². The van der Waals surface area contributed by atoms with Crippen LogP contribution >= 0.6 is 0 Å². The van der Waals surface area contributed by atoms with Crippen LogP contribution in [-0.4, -0.2) is 61.0 Å². The van der Waals surface area contributed by atoms with Gasteiger partial charge in [0.1, 0.15) is 30.2 Å². The Morgan fingerprint density at radius 3 is 2.58 bits per heavy atom. The van der Waals surface area contributed by atoms with Crippen LogP contribution in [0.15, 0.2) is 17.1 Å². The minimum Gasteiger partial charge on any atom is -0.394 e. The van der Waals surface area contributed by atoms with E-state index in [-0.39, 0.29) is 5.82 Å². The topological polar surface area (TPSA) is 151 Å². The molecule has 106 valence electrons. The first kappa shape index (κ1) is 13.9. The Morgan fingerprint density at radius 2 is 2.00 bits per heavy atom. The molecular weight excluding hydrogens is 264 g/mol. The highest BCUT2D eigenvalue weighted by molar-refractivity contribution is 5.23. The van der Waals surface area contributed by atoms with Crippen molar-refractivity contribution < 1.29 is 25.2 Å². The van der Waals surface area contributed by atoms with Gasteiger partial charge in [-0.05, 0) is 6.07 Å². The quantitative estimate of drug-likeness (QED) is 0.355. The summed E-state index contributed by atoms with van der Waals surface area (Å²) in [6.07, 6.45) is -5.68. The highest BCUT2D eigenvalue weighted by Crippen LogP contribution is 2.27. The summed E-state index contributed by atoms with van der Waals surface area (Å²) in [5.74, 6) is 0.00541. The van der Waals surface area contributed by atoms with E-state index in [0.29, 0.717) is 0 Å². The Kier molecular flexibility index (Phi) is 3.83. The molecule has 2 rings (SSSR count). The maximum absolute atomic E-state index is 11.6. The molecule has 0 saturated carbocycles. The number of nitrogens with two attached hydrogens (primary N) is 1. The minimum absolute atomic E-state index is 0.00541. The Morgan fingerprint density at radius 1 is 1.32 bits per heavy atom. The van der Waals surface area contributed by atoms with Crippen LogP contribution in [0.5, 0.6) is 0 Å². The van der Waals surface area contributed by atoms with E-state index in [9.17, 15) is 20.1 Å². The molecule has 1 aromatic heterocycles. The first-order chi connectivity index (χ1) is 8.95. The van der Waals surface area contributed by atoms with Gasteiger partial charge in [-0.3, -0.25) is 4.57 Å². The van der Waals surface area contributed by atoms with Crippen molar-refractivity contribution in [2.24, 2.45) is 0 Å². The van der Waals surface area contributed by atoms with E-state index in [1.54, 1.807) is 0 Å². The van der Waals surface area contributed by atoms with Crippen LogP contribution in [0.2, 0.25) is 0 Å². The molecule has 1 saturated heterocycles. The lowest BCUT2D eigenvalue weighted by molar-refractivity contribution is -0.252. The Balaban J connectivity index is 2.35. The average Bonchev–Trinajstić information content (AvgIpc) is 2.38. The van der Waals surface area contributed by atoms with Crippen LogP contribution in [0.3, 0.4) is 0 Å². The van der Waals surface area contributed by atoms with Crippen LogP contribution < -0.4 is 11.4 Å². The third kappa shape index (κ3) is 2.46. The smallest absolute Gasteiger partial charge is 0.351 e. The van der Waals surface area contributed by atoms with E-state index >= 15 is 0 Å². The molecule has 1 fully saturated rings. The lowest BCUT2D eigenvalue weighted by Crippen LogP contribution is -2.57. The van der Waals surface area contributed by atoms with Gasteiger partial charge in [0.2, 0.25) is 0 Å². The van der Waals surface area contributed by atoms with Crippen LogP contribution in [-0.2, 0) is 4.74 Å². The van der Waals surface area contributed by atoms with Crippen molar-refractivity contribution in [3.05, 3.63) is 22.7 Å². The molecule has 9 heteroatoms. The van der Waals surface area contributed by atoms with Crippen molar-refractivity contribution in [2.45, 2.75) is 30.6 Å². The summed E-state index contributed by atoms with van der Waals surface area (Å²) in [6.45, 7) is -0.571. The number of hydrogen-bond acceptors (Lipinski definition) is 8. The second-order valence-electron chi connectivity index (χ2n) is 4.26. The number of nitrogen functional groups attached to an aromatic ring is 1. The standard InChI is InChI=1S/C10H15N3O6/c11-5-1-2-13(10(18)12-5)9-8(17)7(16)6(15)4(3-14)19-9/h1-2,4,6-9,14-17H,3H2,(H2,11,12,18)/t4-,6-,7+,8-,9-/m1/s1/i3+1,4+1,6+1,7+1,8+1,9+1. The first-order valence-corrected chi connectivity index (χ1v) is 5.61. The van der Waals surface area contributed by atoms with Gasteiger partial charge in [0.15, 0.2) is 6.23 Å². The molecule has 2 heterocycles. The van der Waals surface area contributed by atoms with E-state index in [2.05, 4.69) is 4.98 Å². The molecule has 0 spiro atoms. The number of anilines is 1. The molecule has 0 amide bonds. The predicted molar refractivity (Wildman–Crippen MR) is 61.9 cm³/mol. The Labute approximate surface area is 107 Å². The number of aliphatic hydroxyl groups excluding tert-OH is 4. The average molecular weight is 279 g/mol. The molecule has 0 unspecified atom stereocenters. The Bertz CT molecular complexity index is 504. The largest absolute Gasteiger partial charge is 0.394 e. The molecule has 6 N–H and O–H groups in total. The molecule has 0 bridgehead atoms. The Hall–Kier alpha value is -1.52. The van der Waals surface area contributed by atoms with Crippen molar-refractivity contribution in [3.8, 4) is 0 Å². The van der Waals surface area contributed by atoms with Gasteiger partial charge in [-0.1, -0.05) is 0 Å². The number of aromatic nitrogens is 2. The zero-order valence-corrected chi connectivity index (χ0v) is 9.83. The van der Waals surface area contributed by atoms with Crippen LogP contribution in [0, 0.1) is 0 Å². The predicted octanol–water partition coefficient (Wildman–Crippen LogP) is -3.20. The van der Waals surface area contributed by atoms with Crippen LogP contribution in [0.1, 0.15) is 6.23 Å². The molecule has 1 aliphatic heterocycles. The zero-order valence-electron chi connectivity index (χ0n) is 9.83. The molecule has 0 radical (unpaired) electrons. The summed E-state index contributed by atoms with van der Waals surface area (Å²) in [6, 6.07) is 1.32. The zero-order chi connectivity index (χ0) is 14.2. The van der Waals surface area contributed by atoms with Crippen LogP contribution in [0.4, 0.5) is 5.82 Å². The first-order valence-electron chi connectivity index (χ1n) is 5.61. The van der Waals surface area contributed by atoms with Gasteiger partial charge in [-0.25, -0.2) is 4.79 Å². The van der Waals surface area contributed by atoms with Gasteiger partial charge in [-0.15, -0.1) is 0 Å². The maximum Gasteiger partial charge on any atom is 0.351 e. The van der Waals surface area contributed by atoms with Gasteiger partial charge in [-0.2, -0.15) is 4.98 Å². The van der Waals surface area contributed by atoms with E-state index in [1.807, 2.05) is 0 Å². The van der Waals surface area contributed by atoms with Crippen molar-refractivity contribution in [2.75, 3.05) is 12.3 Å². The van der Waals surface area contributed by atoms with Gasteiger partial charge in [0.25, 0.3) is 0 Å². The molecule has 0 aromatic carbocycles. The number of rotatable bonds is 2. The molecule has 5 atom stereocenters. The van der Waals surface area contributed by atoms with Gasteiger partial charge < -0.3 is 30.9 Å². The molecule has 0 aliphatic carbocycles. The summed E-state index contributed by atoms with van der Waals surface area (Å²) in [5.41, 5.74) is 4.56. The number of ether oxygens (including phenoxy) is 1. The highest BCUT2D eigenvalue weighted by atomic mass is 16.8. The highest BCUT2D eigenvalue weighted by Gasteiger charge is 2.44. The minimum atomic E-state index is -1.56. The van der Waals surface area contributed by atoms with E-state index < -0.39 is 42.9 Å². The summed E-state index contributed by atoms with van der Waals surface area (Å²) < 4.78 is 6.14. The van der Waals surface area contributed by atoms with E-state index in [4.69, 9.17) is 15.6 Å². The van der Waals surface area contributed by atoms with Crippen molar-refractivity contribution in [1.82, 2.24) is 9.55 Å². The third-order valence-corrected chi connectivity index (χ3v) is 2.99. The summed E-state index contributed by atoms with van der Waals surface area (Å²) >= 11 is 0. The van der Waals surface area contributed by atoms with Gasteiger partial charge in [0, 0.05) is 6.20 Å².